The highest BCUT2D eigenvalue weighted by Gasteiger charge is 1.96. The third-order valence-electron chi connectivity index (χ3n) is 3.46. The maximum Gasteiger partial charge on any atom is 0.303 e. The third-order valence-corrected chi connectivity index (χ3v) is 3.46. The van der Waals surface area contributed by atoms with E-state index in [9.17, 15) is 4.79 Å². The van der Waals surface area contributed by atoms with E-state index in [0.717, 1.165) is 57.8 Å². The lowest BCUT2D eigenvalue weighted by Gasteiger charge is -2.01. The molecule has 0 fully saturated rings. The Hall–Kier alpha value is -1.81. The monoisotopic (exact) mass is 336 g/mol. The van der Waals surface area contributed by atoms with E-state index in [2.05, 4.69) is 36.1 Å². The minimum atomic E-state index is -0.723. The zero-order valence-electron chi connectivity index (χ0n) is 14.8. The first-order valence-electron chi connectivity index (χ1n) is 8.89. The van der Waals surface area contributed by atoms with Crippen LogP contribution in [0.3, 0.4) is 0 Å². The van der Waals surface area contributed by atoms with Crippen LogP contribution in [0.5, 0.6) is 0 Å². The molecule has 4 heteroatoms. The van der Waals surface area contributed by atoms with Crippen molar-refractivity contribution in [2.24, 2.45) is 0 Å². The van der Waals surface area contributed by atoms with Crippen LogP contribution in [-0.2, 0) is 9.68 Å². The summed E-state index contributed by atoms with van der Waals surface area (Å²) >= 11 is 0. The van der Waals surface area contributed by atoms with Crippen molar-refractivity contribution in [2.45, 2.75) is 71.1 Å². The standard InChI is InChI=1S/C20H32O4/c1-2-3-13-16-19(24-23)17-14-11-9-7-5-4-6-8-10-12-15-18-20(21)22/h4-6,8-9,11,17,23H,2-3,7,10,12-16,18H2,1H3,(H,21,22)/b5-4-,8-6+,11-9-,19-17-. The highest BCUT2D eigenvalue weighted by molar-refractivity contribution is 5.66. The van der Waals surface area contributed by atoms with Crippen LogP contribution in [-0.4, -0.2) is 16.3 Å². The number of rotatable bonds is 15. The quantitative estimate of drug-likeness (QED) is 0.0956. The molecule has 0 amide bonds. The van der Waals surface area contributed by atoms with Crippen molar-refractivity contribution in [1.29, 1.82) is 0 Å². The summed E-state index contributed by atoms with van der Waals surface area (Å²) in [5, 5.41) is 17.3. The third kappa shape index (κ3) is 16.6. The Balaban J connectivity index is 3.70. The van der Waals surface area contributed by atoms with Crippen molar-refractivity contribution in [3.8, 4) is 0 Å². The van der Waals surface area contributed by atoms with Crippen molar-refractivity contribution in [2.75, 3.05) is 0 Å². The predicted molar refractivity (Wildman–Crippen MR) is 98.7 cm³/mol. The molecule has 0 rings (SSSR count). The Morgan fingerprint density at radius 2 is 1.62 bits per heavy atom. The summed E-state index contributed by atoms with van der Waals surface area (Å²) in [5.41, 5.74) is 0. The molecule has 0 aromatic heterocycles. The van der Waals surface area contributed by atoms with E-state index in [0.29, 0.717) is 5.76 Å². The van der Waals surface area contributed by atoms with Gasteiger partial charge in [-0.2, -0.15) is 0 Å². The van der Waals surface area contributed by atoms with Gasteiger partial charge in [0.15, 0.2) is 0 Å². The number of unbranched alkanes of at least 4 members (excludes halogenated alkanes) is 4. The van der Waals surface area contributed by atoms with Gasteiger partial charge in [0, 0.05) is 12.8 Å². The van der Waals surface area contributed by atoms with Crippen molar-refractivity contribution in [1.82, 2.24) is 0 Å². The summed E-state index contributed by atoms with van der Waals surface area (Å²) in [5.74, 6) is -0.0754. The molecule has 0 heterocycles. The van der Waals surface area contributed by atoms with Crippen molar-refractivity contribution in [3.05, 3.63) is 48.3 Å². The number of carboxylic acids is 1. The molecular weight excluding hydrogens is 304 g/mol. The fourth-order valence-electron chi connectivity index (χ4n) is 2.08. The van der Waals surface area contributed by atoms with Crippen LogP contribution in [0.25, 0.3) is 0 Å². The summed E-state index contributed by atoms with van der Waals surface area (Å²) in [6.45, 7) is 2.15. The largest absolute Gasteiger partial charge is 0.481 e. The summed E-state index contributed by atoms with van der Waals surface area (Å²) in [4.78, 5) is 14.7. The zero-order chi connectivity index (χ0) is 17.9. The van der Waals surface area contributed by atoms with Gasteiger partial charge in [0.1, 0.15) is 5.76 Å². The minimum absolute atomic E-state index is 0.255. The summed E-state index contributed by atoms with van der Waals surface area (Å²) in [6.07, 6.45) is 22.7. The first kappa shape index (κ1) is 22.2. The summed E-state index contributed by atoms with van der Waals surface area (Å²) < 4.78 is 0. The van der Waals surface area contributed by atoms with Gasteiger partial charge in [0.2, 0.25) is 0 Å². The maximum absolute atomic E-state index is 10.3. The number of hydrogen-bond acceptors (Lipinski definition) is 3. The second kappa shape index (κ2) is 17.5. The van der Waals surface area contributed by atoms with E-state index in [1.54, 1.807) is 0 Å². The lowest BCUT2D eigenvalue weighted by atomic mass is 10.1. The van der Waals surface area contributed by atoms with Gasteiger partial charge in [-0.25, -0.2) is 5.26 Å². The first-order chi connectivity index (χ1) is 11.7. The molecule has 0 spiro atoms. The molecular formula is C20H32O4. The van der Waals surface area contributed by atoms with E-state index >= 15 is 0 Å². The van der Waals surface area contributed by atoms with E-state index in [1.807, 2.05) is 18.2 Å². The topological polar surface area (TPSA) is 66.8 Å². The molecule has 0 aliphatic rings. The van der Waals surface area contributed by atoms with Gasteiger partial charge in [-0.1, -0.05) is 56.2 Å². The second-order valence-electron chi connectivity index (χ2n) is 5.66. The fraction of sp³-hybridized carbons (Fsp3) is 0.550. The molecule has 0 saturated carbocycles. The van der Waals surface area contributed by atoms with Crippen LogP contribution in [0.2, 0.25) is 0 Å². The molecule has 4 nitrogen and oxygen atoms in total. The lowest BCUT2D eigenvalue weighted by Crippen LogP contribution is -1.92. The molecule has 0 aromatic rings. The maximum atomic E-state index is 10.3. The van der Waals surface area contributed by atoms with Gasteiger partial charge in [-0.05, 0) is 44.6 Å². The summed E-state index contributed by atoms with van der Waals surface area (Å²) in [7, 11) is 0. The molecule has 0 unspecified atom stereocenters. The molecule has 136 valence electrons. The van der Waals surface area contributed by atoms with Crippen LogP contribution in [0, 0.1) is 0 Å². The molecule has 0 aliphatic carbocycles. The van der Waals surface area contributed by atoms with Crippen LogP contribution < -0.4 is 0 Å². The number of carboxylic acid groups (broad SMARTS) is 1. The molecule has 0 aliphatic heterocycles. The van der Waals surface area contributed by atoms with E-state index in [4.69, 9.17) is 10.4 Å². The van der Waals surface area contributed by atoms with Crippen molar-refractivity contribution in [3.63, 3.8) is 0 Å². The number of carbonyl (C=O) groups is 1. The molecule has 24 heavy (non-hydrogen) atoms. The Kier molecular flexibility index (Phi) is 16.2. The minimum Gasteiger partial charge on any atom is -0.481 e. The molecule has 0 saturated heterocycles. The molecule has 2 N–H and O–H groups in total. The van der Waals surface area contributed by atoms with Crippen molar-refractivity contribution >= 4 is 5.97 Å². The molecule has 0 aromatic carbocycles. The zero-order valence-corrected chi connectivity index (χ0v) is 14.8. The van der Waals surface area contributed by atoms with Crippen LogP contribution in [0.1, 0.15) is 71.1 Å². The smallest absolute Gasteiger partial charge is 0.303 e. The fourth-order valence-corrected chi connectivity index (χ4v) is 2.08. The van der Waals surface area contributed by atoms with E-state index < -0.39 is 5.97 Å². The van der Waals surface area contributed by atoms with Crippen LogP contribution >= 0.6 is 0 Å². The Morgan fingerprint density at radius 3 is 2.33 bits per heavy atom. The van der Waals surface area contributed by atoms with Crippen LogP contribution in [0.4, 0.5) is 0 Å². The highest BCUT2D eigenvalue weighted by Crippen LogP contribution is 2.10. The van der Waals surface area contributed by atoms with Crippen molar-refractivity contribution < 1.29 is 20.0 Å². The van der Waals surface area contributed by atoms with Gasteiger partial charge in [-0.3, -0.25) is 4.79 Å². The van der Waals surface area contributed by atoms with Gasteiger partial charge in [-0.15, -0.1) is 0 Å². The average molecular weight is 336 g/mol. The normalized spacial score (nSPS) is 12.7. The van der Waals surface area contributed by atoms with E-state index in [-0.39, 0.29) is 6.42 Å². The highest BCUT2D eigenvalue weighted by atomic mass is 17.1. The first-order valence-corrected chi connectivity index (χ1v) is 8.89. The SMILES string of the molecule is CCCCC/C(=C/C/C=C\C/C=C\C=C\CCCCC(=O)O)OO. The molecule has 0 bridgehead atoms. The van der Waals surface area contributed by atoms with Gasteiger partial charge >= 0.3 is 5.97 Å². The van der Waals surface area contributed by atoms with E-state index in [1.165, 1.54) is 0 Å². The number of hydrogen-bond donors (Lipinski definition) is 2. The van der Waals surface area contributed by atoms with Gasteiger partial charge in [0.25, 0.3) is 0 Å². The average Bonchev–Trinajstić information content (AvgIpc) is 2.57. The number of aliphatic carboxylic acids is 1. The lowest BCUT2D eigenvalue weighted by molar-refractivity contribution is -0.206. The molecule has 0 atom stereocenters. The predicted octanol–water partition coefficient (Wildman–Crippen LogP) is 6.03. The summed E-state index contributed by atoms with van der Waals surface area (Å²) in [6, 6.07) is 0. The van der Waals surface area contributed by atoms with Gasteiger partial charge < -0.3 is 9.99 Å². The second-order valence-corrected chi connectivity index (χ2v) is 5.66. The Bertz CT molecular complexity index is 419. The Labute approximate surface area is 146 Å². The van der Waals surface area contributed by atoms with Gasteiger partial charge in [0.05, 0.1) is 0 Å². The van der Waals surface area contributed by atoms with Crippen LogP contribution in [0.15, 0.2) is 48.3 Å². The number of allylic oxidation sites excluding steroid dienone is 8. The Morgan fingerprint density at radius 1 is 0.917 bits per heavy atom. The molecule has 0 radical (unpaired) electrons.